The normalized spacial score (nSPS) is 22.1. The summed E-state index contributed by atoms with van der Waals surface area (Å²) in [6, 6.07) is 4.45. The van der Waals surface area contributed by atoms with E-state index in [-0.39, 0.29) is 37.0 Å². The van der Waals surface area contributed by atoms with Crippen LogP contribution in [0.3, 0.4) is 0 Å². The second-order valence-corrected chi connectivity index (χ2v) is 11.6. The van der Waals surface area contributed by atoms with E-state index in [0.717, 1.165) is 17.9 Å². The zero-order chi connectivity index (χ0) is 29.6. The van der Waals surface area contributed by atoms with Gasteiger partial charge in [-0.2, -0.15) is 5.06 Å². The van der Waals surface area contributed by atoms with E-state index in [9.17, 15) is 29.4 Å². The van der Waals surface area contributed by atoms with Crippen LogP contribution in [0.4, 0.5) is 4.79 Å². The smallest absolute Gasteiger partial charge is 0.433 e. The van der Waals surface area contributed by atoms with Gasteiger partial charge in [0.1, 0.15) is 17.8 Å². The number of carbonyl (C=O) groups is 4. The Morgan fingerprint density at radius 2 is 1.73 bits per heavy atom. The Morgan fingerprint density at radius 3 is 2.30 bits per heavy atom. The van der Waals surface area contributed by atoms with Gasteiger partial charge in [-0.05, 0) is 48.8 Å². The topological polar surface area (TPSA) is 140 Å². The van der Waals surface area contributed by atoms with Crippen LogP contribution in [-0.2, 0) is 25.6 Å². The summed E-state index contributed by atoms with van der Waals surface area (Å²) in [7, 11) is 0. The number of hydrogen-bond acceptors (Lipinski definition) is 6. The van der Waals surface area contributed by atoms with E-state index in [1.807, 2.05) is 20.8 Å². The molecule has 222 valence electrons. The highest BCUT2D eigenvalue weighted by atomic mass is 16.7. The molecule has 0 saturated carbocycles. The lowest BCUT2D eigenvalue weighted by molar-refractivity contribution is -0.267. The number of phenolic OH excluding ortho intramolecular Hbond substituents is 1. The van der Waals surface area contributed by atoms with Crippen molar-refractivity contribution in [1.82, 2.24) is 20.2 Å². The molecule has 1 aromatic carbocycles. The van der Waals surface area contributed by atoms with Gasteiger partial charge in [-0.3, -0.25) is 19.2 Å². The third-order valence-electron chi connectivity index (χ3n) is 7.40. The fraction of sp³-hybridized carbons (Fsp3) is 0.655. The van der Waals surface area contributed by atoms with Crippen LogP contribution in [0.5, 0.6) is 5.75 Å². The van der Waals surface area contributed by atoms with Crippen LogP contribution in [0.2, 0.25) is 0 Å². The maximum absolute atomic E-state index is 14.2. The first-order valence-electron chi connectivity index (χ1n) is 14.3. The number of aromatic hydroxyl groups is 1. The summed E-state index contributed by atoms with van der Waals surface area (Å²) in [5.41, 5.74) is 0.685. The van der Waals surface area contributed by atoms with Crippen LogP contribution in [0.1, 0.15) is 72.3 Å². The van der Waals surface area contributed by atoms with Gasteiger partial charge in [-0.25, -0.2) is 4.79 Å². The van der Waals surface area contributed by atoms with Crippen LogP contribution in [0, 0.1) is 11.8 Å². The van der Waals surface area contributed by atoms with Gasteiger partial charge in [0.05, 0.1) is 6.54 Å². The number of carboxylic acid groups (broad SMARTS) is 1. The molecule has 3 N–H and O–H groups in total. The summed E-state index contributed by atoms with van der Waals surface area (Å²) < 4.78 is 0. The summed E-state index contributed by atoms with van der Waals surface area (Å²) in [6.07, 6.45) is -0.465. The fourth-order valence-electron chi connectivity index (χ4n) is 5.27. The molecule has 0 aliphatic carbocycles. The first-order valence-corrected chi connectivity index (χ1v) is 14.3. The van der Waals surface area contributed by atoms with Gasteiger partial charge in [-0.1, -0.05) is 59.6 Å². The molecule has 2 saturated heterocycles. The minimum atomic E-state index is -1.37. The summed E-state index contributed by atoms with van der Waals surface area (Å²) in [5.74, 6) is -0.647. The molecule has 0 radical (unpaired) electrons. The van der Waals surface area contributed by atoms with Crippen molar-refractivity contribution in [3.63, 3.8) is 0 Å². The Bertz CT molecular complexity index is 1050. The number of piperazine rings is 1. The predicted octanol–water partition coefficient (Wildman–Crippen LogP) is 3.36. The molecule has 4 amide bonds. The van der Waals surface area contributed by atoms with Gasteiger partial charge in [0.2, 0.25) is 11.8 Å². The molecule has 0 spiro atoms. The zero-order valence-corrected chi connectivity index (χ0v) is 24.2. The van der Waals surface area contributed by atoms with Crippen molar-refractivity contribution in [2.75, 3.05) is 13.1 Å². The van der Waals surface area contributed by atoms with Crippen molar-refractivity contribution in [2.45, 2.75) is 97.5 Å². The SMILES string of the molecule is CCCC[C@@H](C(=O)NCCC(C)C)N1CC2N(C(=O)O)O[C@H](CC(C)C)C(=O)N2[C@@H](Cc2ccc(O)cc2)C1=O. The zero-order valence-electron chi connectivity index (χ0n) is 24.2. The van der Waals surface area contributed by atoms with Crippen molar-refractivity contribution in [2.24, 2.45) is 11.8 Å². The molecule has 1 unspecified atom stereocenters. The number of nitrogens with one attached hydrogen (secondary N) is 1. The maximum Gasteiger partial charge on any atom is 0.433 e. The average molecular weight is 561 g/mol. The van der Waals surface area contributed by atoms with Gasteiger partial charge in [0.15, 0.2) is 12.3 Å². The van der Waals surface area contributed by atoms with E-state index in [4.69, 9.17) is 4.84 Å². The van der Waals surface area contributed by atoms with E-state index in [1.54, 1.807) is 12.1 Å². The predicted molar refractivity (Wildman–Crippen MR) is 148 cm³/mol. The molecule has 0 bridgehead atoms. The van der Waals surface area contributed by atoms with Crippen LogP contribution >= 0.6 is 0 Å². The van der Waals surface area contributed by atoms with Gasteiger partial charge >= 0.3 is 6.09 Å². The van der Waals surface area contributed by atoms with Crippen molar-refractivity contribution in [3.05, 3.63) is 29.8 Å². The minimum absolute atomic E-state index is 0.0432. The van der Waals surface area contributed by atoms with Crippen LogP contribution in [-0.4, -0.2) is 86.3 Å². The summed E-state index contributed by atoms with van der Waals surface area (Å²) in [4.78, 5) is 62.2. The molecule has 11 nitrogen and oxygen atoms in total. The van der Waals surface area contributed by atoms with Crippen LogP contribution in [0.25, 0.3) is 0 Å². The molecule has 2 aliphatic heterocycles. The molecular weight excluding hydrogens is 516 g/mol. The summed E-state index contributed by atoms with van der Waals surface area (Å²) in [6.45, 7) is 10.2. The second kappa shape index (κ2) is 13.8. The molecule has 4 atom stereocenters. The van der Waals surface area contributed by atoms with E-state index in [2.05, 4.69) is 19.2 Å². The molecule has 0 aromatic heterocycles. The second-order valence-electron chi connectivity index (χ2n) is 11.6. The maximum atomic E-state index is 14.2. The van der Waals surface area contributed by atoms with Crippen molar-refractivity contribution < 1.29 is 34.2 Å². The molecule has 1 aromatic rings. The number of hydroxylamine groups is 2. The number of unbranched alkanes of at least 4 members (excludes halogenated alkanes) is 1. The first-order chi connectivity index (χ1) is 18.9. The number of nitrogens with zero attached hydrogens (tertiary/aromatic N) is 3. The van der Waals surface area contributed by atoms with Crippen molar-refractivity contribution in [3.8, 4) is 5.75 Å². The fourth-order valence-corrected chi connectivity index (χ4v) is 5.27. The van der Waals surface area contributed by atoms with Crippen molar-refractivity contribution in [1.29, 1.82) is 0 Å². The quantitative estimate of drug-likeness (QED) is 0.356. The van der Waals surface area contributed by atoms with Crippen LogP contribution < -0.4 is 5.32 Å². The van der Waals surface area contributed by atoms with E-state index in [1.165, 1.54) is 21.9 Å². The molecule has 40 heavy (non-hydrogen) atoms. The number of amides is 4. The highest BCUT2D eigenvalue weighted by Crippen LogP contribution is 2.32. The van der Waals surface area contributed by atoms with Gasteiger partial charge in [0.25, 0.3) is 5.91 Å². The summed E-state index contributed by atoms with van der Waals surface area (Å²) in [5, 5.41) is 23.6. The standard InChI is InChI=1S/C29H44N4O7/c1-6-7-8-22(26(35)30-14-13-18(2)3)31-17-25-32(23(27(31)36)16-20-9-11-21(34)12-10-20)28(37)24(15-19(4)5)40-33(25)29(38)39/h9-12,18-19,22-25,34H,6-8,13-17H2,1-5H3,(H,30,35)(H,38,39)/t22-,23-,24+,25?/m0/s1. The number of phenols is 1. The van der Waals surface area contributed by atoms with Gasteiger partial charge in [-0.15, -0.1) is 0 Å². The first kappa shape index (κ1) is 31.2. The molecule has 2 aliphatic rings. The molecule has 11 heteroatoms. The molecule has 2 fully saturated rings. The Hall–Kier alpha value is -3.34. The molecule has 2 heterocycles. The summed E-state index contributed by atoms with van der Waals surface area (Å²) >= 11 is 0. The number of fused-ring (bicyclic) bond motifs is 1. The minimum Gasteiger partial charge on any atom is -0.508 e. The lowest BCUT2D eigenvalue weighted by Crippen LogP contribution is -2.75. The Kier molecular flexibility index (Phi) is 10.8. The number of benzene rings is 1. The lowest BCUT2D eigenvalue weighted by atomic mass is 9.94. The number of rotatable bonds is 12. The van der Waals surface area contributed by atoms with Crippen LogP contribution in [0.15, 0.2) is 24.3 Å². The number of carbonyl (C=O) groups excluding carboxylic acids is 3. The van der Waals surface area contributed by atoms with Crippen molar-refractivity contribution >= 4 is 23.8 Å². The Labute approximate surface area is 236 Å². The third-order valence-corrected chi connectivity index (χ3v) is 7.40. The average Bonchev–Trinajstić information content (AvgIpc) is 2.88. The number of hydrogen-bond donors (Lipinski definition) is 3. The largest absolute Gasteiger partial charge is 0.508 e. The highest BCUT2D eigenvalue weighted by Gasteiger charge is 2.54. The molecular formula is C29H44N4O7. The van der Waals surface area contributed by atoms with E-state index in [0.29, 0.717) is 30.9 Å². The molecule has 3 rings (SSSR count). The monoisotopic (exact) mass is 560 g/mol. The Morgan fingerprint density at radius 1 is 1.05 bits per heavy atom. The van der Waals surface area contributed by atoms with E-state index < -0.39 is 42.3 Å². The van der Waals surface area contributed by atoms with Gasteiger partial charge in [0, 0.05) is 13.0 Å². The van der Waals surface area contributed by atoms with E-state index >= 15 is 0 Å². The third kappa shape index (κ3) is 7.44. The highest BCUT2D eigenvalue weighted by molar-refractivity contribution is 5.95. The Balaban J connectivity index is 2.03. The lowest BCUT2D eigenvalue weighted by Gasteiger charge is -2.53. The van der Waals surface area contributed by atoms with Gasteiger partial charge < -0.3 is 25.3 Å².